The molecule has 0 amide bonds. The summed E-state index contributed by atoms with van der Waals surface area (Å²) in [5.41, 5.74) is 13.3. The van der Waals surface area contributed by atoms with Gasteiger partial charge in [-0.05, 0) is 101 Å². The van der Waals surface area contributed by atoms with Crippen LogP contribution in [0.2, 0.25) is 19.6 Å². The maximum absolute atomic E-state index is 14.7. The third-order valence-corrected chi connectivity index (χ3v) is 16.5. The molecule has 0 spiro atoms. The molecular formula is C62H70FIrN5OSi-2. The molecule has 1 aliphatic carbocycles. The summed E-state index contributed by atoms with van der Waals surface area (Å²) in [6.45, 7) is 25.7. The van der Waals surface area contributed by atoms with Crippen molar-refractivity contribution in [3.8, 4) is 28.3 Å². The van der Waals surface area contributed by atoms with Crippen LogP contribution in [0.3, 0.4) is 0 Å². The summed E-state index contributed by atoms with van der Waals surface area (Å²) in [5, 5.41) is 4.21. The monoisotopic (exact) mass is 1140 g/mol. The summed E-state index contributed by atoms with van der Waals surface area (Å²) in [6, 6.07) is 32.6. The van der Waals surface area contributed by atoms with E-state index in [9.17, 15) is 4.39 Å². The van der Waals surface area contributed by atoms with Crippen LogP contribution in [0.1, 0.15) is 162 Å². The Morgan fingerprint density at radius 3 is 2.10 bits per heavy atom. The molecular weight excluding hydrogens is 1070 g/mol. The SMILES string of the molecule is Cc1ccc2ccc3nc(-c4[c-]ccc5c4oc4nc(C(C)C6CCCC6)ccc45)n(-c4c(C(C)C)cc(C(C)C)cc4C(C)C)c3c2n1.[2H]C([2H])([2H])c1cc[c-]c(-c2cc(C([2H])(C)C)c([Si](C)(C)C)cn2)c1F.[Ir]. The molecule has 1 fully saturated rings. The van der Waals surface area contributed by atoms with E-state index in [4.69, 9.17) is 24.9 Å². The molecule has 0 saturated heterocycles. The summed E-state index contributed by atoms with van der Waals surface area (Å²) in [4.78, 5) is 20.1. The molecule has 71 heavy (non-hydrogen) atoms. The van der Waals surface area contributed by atoms with E-state index >= 15 is 0 Å². The van der Waals surface area contributed by atoms with Gasteiger partial charge in [-0.15, -0.1) is 36.4 Å². The predicted octanol–water partition coefficient (Wildman–Crippen LogP) is 17.0. The quantitative estimate of drug-likeness (QED) is 0.101. The van der Waals surface area contributed by atoms with Crippen LogP contribution in [0.25, 0.3) is 72.3 Å². The second-order valence-corrected chi connectivity index (χ2v) is 26.8. The molecule has 0 aliphatic heterocycles. The number of fused-ring (bicyclic) bond motifs is 6. The van der Waals surface area contributed by atoms with Crippen molar-refractivity contribution in [1.29, 1.82) is 0 Å². The van der Waals surface area contributed by atoms with E-state index in [-0.39, 0.29) is 43.1 Å². The molecule has 4 aromatic carbocycles. The minimum atomic E-state index is -2.54. The first-order chi connectivity index (χ1) is 34.8. The van der Waals surface area contributed by atoms with Crippen LogP contribution in [-0.4, -0.2) is 32.6 Å². The summed E-state index contributed by atoms with van der Waals surface area (Å²) in [5.74, 6) is 1.22. The van der Waals surface area contributed by atoms with Crippen LogP contribution in [0.15, 0.2) is 89.5 Å². The second kappa shape index (κ2) is 20.6. The van der Waals surface area contributed by atoms with Crippen LogP contribution in [0, 0.1) is 37.6 Å². The van der Waals surface area contributed by atoms with Gasteiger partial charge in [-0.3, -0.25) is 14.4 Å². The zero-order valence-electron chi connectivity index (χ0n) is 47.7. The van der Waals surface area contributed by atoms with Gasteiger partial charge >= 0.3 is 0 Å². The van der Waals surface area contributed by atoms with E-state index in [1.807, 2.05) is 6.07 Å². The fourth-order valence-electron chi connectivity index (χ4n) is 10.4. The number of imidazole rings is 1. The number of nitrogens with zero attached hydrogens (tertiary/aromatic N) is 5. The smallest absolute Gasteiger partial charge is 0.216 e. The molecule has 6 nitrogen and oxygen atoms in total. The first-order valence-electron chi connectivity index (χ1n) is 27.3. The average molecular weight is 1140 g/mol. The van der Waals surface area contributed by atoms with E-state index in [0.29, 0.717) is 29.2 Å². The molecule has 5 aromatic heterocycles. The third kappa shape index (κ3) is 9.96. The van der Waals surface area contributed by atoms with Crippen molar-refractivity contribution in [2.45, 2.75) is 151 Å². The maximum atomic E-state index is 14.7. The Bertz CT molecular complexity index is 3550. The van der Waals surface area contributed by atoms with Crippen molar-refractivity contribution in [3.63, 3.8) is 0 Å². The Hall–Kier alpha value is -5.34. The number of rotatable bonds is 10. The Morgan fingerprint density at radius 1 is 0.775 bits per heavy atom. The van der Waals surface area contributed by atoms with Crippen molar-refractivity contribution >= 4 is 57.3 Å². The molecule has 1 aliphatic rings. The van der Waals surface area contributed by atoms with E-state index in [2.05, 4.69) is 151 Å². The van der Waals surface area contributed by atoms with Gasteiger partial charge in [-0.2, -0.15) is 0 Å². The van der Waals surface area contributed by atoms with Crippen LogP contribution >= 0.6 is 0 Å². The van der Waals surface area contributed by atoms with Gasteiger partial charge in [0.2, 0.25) is 5.71 Å². The van der Waals surface area contributed by atoms with Gasteiger partial charge in [0.25, 0.3) is 0 Å². The van der Waals surface area contributed by atoms with Crippen LogP contribution in [-0.2, 0) is 20.1 Å². The zero-order chi connectivity index (χ0) is 53.3. The summed E-state index contributed by atoms with van der Waals surface area (Å²) in [6.07, 6.45) is 6.93. The number of halogens is 1. The molecule has 1 atom stereocenters. The standard InChI is InChI=1S/C44H47N4O.C18H23FNSi.Ir/c1-24(2)31-22-35(25(3)4)40(36(23-31)26(5)6)48-41-38(20-18-30-17-16-27(7)45-39(30)41)46-43(48)34-15-11-14-32-33-19-21-37(47-44(33)49-42(32)34)28(8)29-12-9-10-13-29;1-12(2)15-10-16(20-11-17(15)21(4,5)6)14-9-7-8-13(3)18(14)19;/h11,14,16-26,28-29H,9-10,12-13H2,1-8H3;7-8,10-12H,1-6H3;/q2*-1;/i;3D3,12D;. The van der Waals surface area contributed by atoms with Crippen molar-refractivity contribution in [3.05, 3.63) is 142 Å². The molecule has 0 bridgehead atoms. The summed E-state index contributed by atoms with van der Waals surface area (Å²) in [7, 11) is -1.74. The normalized spacial score (nSPS) is 15.1. The molecule has 0 N–H and O–H groups in total. The molecule has 371 valence electrons. The van der Waals surface area contributed by atoms with Gasteiger partial charge in [0.05, 0.1) is 36.0 Å². The first-order valence-corrected chi connectivity index (χ1v) is 28.8. The zero-order valence-corrected chi connectivity index (χ0v) is 47.0. The molecule has 1 radical (unpaired) electrons. The van der Waals surface area contributed by atoms with Crippen molar-refractivity contribution in [1.82, 2.24) is 24.5 Å². The third-order valence-electron chi connectivity index (χ3n) is 14.5. The Balaban J connectivity index is 0.000000244. The van der Waals surface area contributed by atoms with Gasteiger partial charge in [0.15, 0.2) is 0 Å². The van der Waals surface area contributed by atoms with Crippen molar-refractivity contribution in [2.24, 2.45) is 5.92 Å². The Kier molecular flexibility index (Phi) is 13.6. The largest absolute Gasteiger partial charge is 0.486 e. The molecule has 1 unspecified atom stereocenters. The summed E-state index contributed by atoms with van der Waals surface area (Å²) < 4.78 is 54.8. The van der Waals surface area contributed by atoms with Crippen LogP contribution < -0.4 is 5.19 Å². The van der Waals surface area contributed by atoms with Crippen LogP contribution in [0.4, 0.5) is 4.39 Å². The fraction of sp³-hybridized carbons (Fsp3) is 0.387. The minimum Gasteiger partial charge on any atom is -0.486 e. The first kappa shape index (κ1) is 46.7. The Labute approximate surface area is 441 Å². The van der Waals surface area contributed by atoms with Crippen LogP contribution in [0.5, 0.6) is 0 Å². The van der Waals surface area contributed by atoms with Crippen molar-refractivity contribution in [2.75, 3.05) is 0 Å². The number of hydrogen-bond donors (Lipinski definition) is 0. The van der Waals surface area contributed by atoms with Gasteiger partial charge in [-0.1, -0.05) is 160 Å². The molecule has 10 rings (SSSR count). The molecule has 9 aromatic rings. The van der Waals surface area contributed by atoms with Gasteiger partial charge < -0.3 is 14.0 Å². The van der Waals surface area contributed by atoms with Gasteiger partial charge in [0, 0.05) is 71.4 Å². The van der Waals surface area contributed by atoms with E-state index in [1.54, 1.807) is 26.1 Å². The number of pyridine rings is 3. The van der Waals surface area contributed by atoms with Crippen molar-refractivity contribution < 1.29 is 34.4 Å². The number of aromatic nitrogens is 5. The second-order valence-electron chi connectivity index (χ2n) is 21.8. The maximum Gasteiger partial charge on any atom is 0.216 e. The topological polar surface area (TPSA) is 69.6 Å². The Morgan fingerprint density at radius 2 is 1.45 bits per heavy atom. The summed E-state index contributed by atoms with van der Waals surface area (Å²) >= 11 is 0. The van der Waals surface area contributed by atoms with E-state index in [1.165, 1.54) is 60.2 Å². The number of benzene rings is 4. The van der Waals surface area contributed by atoms with Gasteiger partial charge in [-0.25, -0.2) is 4.98 Å². The number of hydrogen-bond acceptors (Lipinski definition) is 5. The van der Waals surface area contributed by atoms with Gasteiger partial charge in [0.1, 0.15) is 0 Å². The van der Waals surface area contributed by atoms with E-state index < -0.39 is 26.6 Å². The van der Waals surface area contributed by atoms with E-state index in [0.717, 1.165) is 71.8 Å². The fourth-order valence-corrected chi connectivity index (χ4v) is 12.0. The average Bonchev–Trinajstić information content (AvgIpc) is 4.11. The molecule has 1 saturated carbocycles. The predicted molar refractivity (Wildman–Crippen MR) is 293 cm³/mol. The molecule has 5 heterocycles. The minimum absolute atomic E-state index is 0. The number of furan rings is 1. The number of aryl methyl sites for hydroxylation is 2. The molecule has 9 heteroatoms.